The van der Waals surface area contributed by atoms with Gasteiger partial charge in [-0.05, 0) is 0 Å². The molecule has 7 nitrogen and oxygen atoms in total. The molecule has 0 atom stereocenters. The Kier molecular flexibility index (Phi) is 11.0. The average Bonchev–Trinajstić information content (AvgIpc) is 2.25. The number of hydrogen-bond acceptors (Lipinski definition) is 5. The Hall–Kier alpha value is -1.18. The second-order valence-electron chi connectivity index (χ2n) is 2.74. The second-order valence-corrected chi connectivity index (χ2v) is 2.74. The predicted molar refractivity (Wildman–Crippen MR) is 54.2 cm³/mol. The minimum atomic E-state index is -0.994. The van der Waals surface area contributed by atoms with Crippen LogP contribution >= 0.6 is 0 Å². The molecule has 0 saturated heterocycles. The summed E-state index contributed by atoms with van der Waals surface area (Å²) in [5.74, 6) is -0.994. The first-order chi connectivity index (χ1) is 7.77. The van der Waals surface area contributed by atoms with E-state index in [1.54, 1.807) is 0 Å². The van der Waals surface area contributed by atoms with Crippen LogP contribution in [0.1, 0.15) is 0 Å². The highest BCUT2D eigenvalue weighted by Gasteiger charge is 1.95. The number of amides is 1. The van der Waals surface area contributed by atoms with Crippen molar-refractivity contribution in [1.29, 1.82) is 0 Å². The van der Waals surface area contributed by atoms with Gasteiger partial charge in [0.2, 0.25) is 6.41 Å². The molecule has 0 rings (SSSR count). The summed E-state index contributed by atoms with van der Waals surface area (Å²) < 4.78 is 14.9. The summed E-state index contributed by atoms with van der Waals surface area (Å²) in [4.78, 5) is 19.9. The maximum absolute atomic E-state index is 10.0. The Morgan fingerprint density at radius 2 is 1.62 bits per heavy atom. The van der Waals surface area contributed by atoms with E-state index in [-0.39, 0.29) is 13.2 Å². The van der Waals surface area contributed by atoms with Gasteiger partial charge in [-0.1, -0.05) is 0 Å². The summed E-state index contributed by atoms with van der Waals surface area (Å²) in [6.07, 6.45) is 0.611. The monoisotopic (exact) mass is 235 g/mol. The van der Waals surface area contributed by atoms with Gasteiger partial charge in [0, 0.05) is 6.54 Å². The number of carboxylic acid groups (broad SMARTS) is 1. The van der Waals surface area contributed by atoms with Crippen molar-refractivity contribution in [2.24, 2.45) is 0 Å². The Labute approximate surface area is 93.7 Å². The van der Waals surface area contributed by atoms with Crippen molar-refractivity contribution in [3.63, 3.8) is 0 Å². The summed E-state index contributed by atoms with van der Waals surface area (Å²) in [5.41, 5.74) is 0. The van der Waals surface area contributed by atoms with Crippen LogP contribution in [0.15, 0.2) is 0 Å². The third-order valence-electron chi connectivity index (χ3n) is 1.44. The third kappa shape index (κ3) is 12.8. The largest absolute Gasteiger partial charge is 0.480 e. The fourth-order valence-electron chi connectivity index (χ4n) is 0.789. The van der Waals surface area contributed by atoms with Crippen molar-refractivity contribution in [3.05, 3.63) is 0 Å². The Morgan fingerprint density at radius 3 is 2.19 bits per heavy atom. The van der Waals surface area contributed by atoms with Crippen molar-refractivity contribution >= 4 is 12.4 Å². The van der Waals surface area contributed by atoms with Crippen molar-refractivity contribution < 1.29 is 28.9 Å². The van der Waals surface area contributed by atoms with Gasteiger partial charge in [-0.2, -0.15) is 0 Å². The fourth-order valence-corrected chi connectivity index (χ4v) is 0.789. The van der Waals surface area contributed by atoms with Crippen molar-refractivity contribution in [2.45, 2.75) is 0 Å². The highest BCUT2D eigenvalue weighted by atomic mass is 16.5. The van der Waals surface area contributed by atoms with E-state index in [1.807, 2.05) is 0 Å². The normalized spacial score (nSPS) is 10.0. The van der Waals surface area contributed by atoms with Gasteiger partial charge in [-0.25, -0.2) is 4.79 Å². The average molecular weight is 235 g/mol. The molecule has 0 aromatic heterocycles. The summed E-state index contributed by atoms with van der Waals surface area (Å²) >= 11 is 0. The standard InChI is InChI=1S/C9H17NO6/c11-8-10-1-2-14-3-4-15-5-6-16-7-9(12)13/h8H,1-7H2,(H,10,11)(H,12,13). The highest BCUT2D eigenvalue weighted by Crippen LogP contribution is 1.81. The van der Waals surface area contributed by atoms with Crippen LogP contribution in [-0.4, -0.2) is 63.7 Å². The zero-order valence-electron chi connectivity index (χ0n) is 9.02. The number of carboxylic acids is 1. The van der Waals surface area contributed by atoms with Crippen molar-refractivity contribution in [1.82, 2.24) is 5.32 Å². The molecule has 7 heteroatoms. The number of ether oxygens (including phenoxy) is 3. The van der Waals surface area contributed by atoms with Gasteiger partial charge >= 0.3 is 5.97 Å². The van der Waals surface area contributed by atoms with Gasteiger partial charge in [0.05, 0.1) is 33.0 Å². The van der Waals surface area contributed by atoms with E-state index >= 15 is 0 Å². The SMILES string of the molecule is O=CNCCOCCOCCOCC(=O)O. The molecule has 0 aliphatic rings. The first-order valence-corrected chi connectivity index (χ1v) is 4.89. The Morgan fingerprint density at radius 1 is 1.06 bits per heavy atom. The molecule has 0 aromatic rings. The van der Waals surface area contributed by atoms with Crippen LogP contribution in [-0.2, 0) is 23.8 Å². The number of hydrogen-bond donors (Lipinski definition) is 2. The highest BCUT2D eigenvalue weighted by molar-refractivity contribution is 5.67. The van der Waals surface area contributed by atoms with Crippen LogP contribution in [0, 0.1) is 0 Å². The molecule has 94 valence electrons. The van der Waals surface area contributed by atoms with Crippen LogP contribution < -0.4 is 5.32 Å². The number of nitrogens with one attached hydrogen (secondary N) is 1. The molecule has 0 radical (unpaired) electrons. The molecule has 1 amide bonds. The minimum Gasteiger partial charge on any atom is -0.480 e. The van der Waals surface area contributed by atoms with Gasteiger partial charge in [-0.3, -0.25) is 4.79 Å². The van der Waals surface area contributed by atoms with Gasteiger partial charge in [0.25, 0.3) is 0 Å². The van der Waals surface area contributed by atoms with E-state index in [2.05, 4.69) is 5.32 Å². The van der Waals surface area contributed by atoms with Crippen molar-refractivity contribution in [2.75, 3.05) is 46.2 Å². The zero-order chi connectivity index (χ0) is 12.1. The molecule has 0 aliphatic heterocycles. The van der Waals surface area contributed by atoms with E-state index in [1.165, 1.54) is 0 Å². The van der Waals surface area contributed by atoms with Gasteiger partial charge < -0.3 is 24.6 Å². The number of carbonyl (C=O) groups excluding carboxylic acids is 1. The molecule has 0 bridgehead atoms. The van der Waals surface area contributed by atoms with Crippen LogP contribution in [0.3, 0.4) is 0 Å². The van der Waals surface area contributed by atoms with Gasteiger partial charge in [-0.15, -0.1) is 0 Å². The molecule has 0 heterocycles. The van der Waals surface area contributed by atoms with Crippen LogP contribution in [0.25, 0.3) is 0 Å². The molecular weight excluding hydrogens is 218 g/mol. The predicted octanol–water partition coefficient (Wildman–Crippen LogP) is -1.13. The van der Waals surface area contributed by atoms with Crippen LogP contribution in [0.2, 0.25) is 0 Å². The molecule has 0 unspecified atom stereocenters. The molecular formula is C9H17NO6. The topological polar surface area (TPSA) is 94.1 Å². The van der Waals surface area contributed by atoms with Crippen LogP contribution in [0.4, 0.5) is 0 Å². The van der Waals surface area contributed by atoms with Gasteiger partial charge in [0.1, 0.15) is 6.61 Å². The lowest BCUT2D eigenvalue weighted by Gasteiger charge is -2.05. The first kappa shape index (κ1) is 14.8. The lowest BCUT2D eigenvalue weighted by Crippen LogP contribution is -2.19. The summed E-state index contributed by atoms with van der Waals surface area (Å²) in [6.45, 7) is 2.04. The second kappa shape index (κ2) is 11.9. The number of carbonyl (C=O) groups is 2. The quantitative estimate of drug-likeness (QED) is 0.328. The van der Waals surface area contributed by atoms with Crippen LogP contribution in [0.5, 0.6) is 0 Å². The van der Waals surface area contributed by atoms with E-state index in [0.717, 1.165) is 0 Å². The molecule has 2 N–H and O–H groups in total. The molecule has 0 fully saturated rings. The molecule has 0 spiro atoms. The lowest BCUT2D eigenvalue weighted by atomic mass is 10.6. The van der Waals surface area contributed by atoms with E-state index in [4.69, 9.17) is 19.3 Å². The maximum atomic E-state index is 10.0. The number of rotatable bonds is 12. The Bertz CT molecular complexity index is 187. The summed E-state index contributed by atoms with van der Waals surface area (Å²) in [7, 11) is 0. The van der Waals surface area contributed by atoms with Crippen molar-refractivity contribution in [3.8, 4) is 0 Å². The third-order valence-corrected chi connectivity index (χ3v) is 1.44. The molecule has 0 aromatic carbocycles. The smallest absolute Gasteiger partial charge is 0.329 e. The zero-order valence-corrected chi connectivity index (χ0v) is 9.02. The molecule has 0 saturated carbocycles. The fraction of sp³-hybridized carbons (Fsp3) is 0.778. The number of aliphatic carboxylic acids is 1. The first-order valence-electron chi connectivity index (χ1n) is 4.89. The van der Waals surface area contributed by atoms with E-state index in [9.17, 15) is 9.59 Å². The maximum Gasteiger partial charge on any atom is 0.329 e. The van der Waals surface area contributed by atoms with E-state index in [0.29, 0.717) is 39.4 Å². The summed E-state index contributed by atoms with van der Waals surface area (Å²) in [6, 6.07) is 0. The minimum absolute atomic E-state index is 0.249. The molecule has 16 heavy (non-hydrogen) atoms. The lowest BCUT2D eigenvalue weighted by molar-refractivity contribution is -0.142. The van der Waals surface area contributed by atoms with Gasteiger partial charge in [0.15, 0.2) is 0 Å². The molecule has 0 aliphatic carbocycles. The Balaban J connectivity index is 2.93. The van der Waals surface area contributed by atoms with E-state index < -0.39 is 5.97 Å². The summed E-state index contributed by atoms with van der Waals surface area (Å²) in [5, 5.41) is 10.7.